The van der Waals surface area contributed by atoms with Gasteiger partial charge < -0.3 is 14.9 Å². The number of aliphatic hydroxyl groups is 1. The van der Waals surface area contributed by atoms with Gasteiger partial charge in [0, 0.05) is 31.6 Å². The van der Waals surface area contributed by atoms with Gasteiger partial charge in [-0.05, 0) is 12.8 Å². The number of aliphatic hydroxyl groups excluding tert-OH is 1. The van der Waals surface area contributed by atoms with Crippen LogP contribution in [0.4, 0.5) is 0 Å². The molecule has 0 unspecified atom stereocenters. The Morgan fingerprint density at radius 2 is 1.93 bits per heavy atom. The van der Waals surface area contributed by atoms with E-state index in [-0.39, 0.29) is 11.3 Å². The molecule has 0 radical (unpaired) electrons. The Kier molecular flexibility index (Phi) is 2.65. The molecule has 2 amide bonds. The third-order valence-corrected chi connectivity index (χ3v) is 3.55. The maximum atomic E-state index is 11.1. The molecule has 5 heteroatoms. The number of likely N-dealkylation sites (tertiary alicyclic amines) is 2. The van der Waals surface area contributed by atoms with Gasteiger partial charge in [-0.25, -0.2) is 0 Å². The third-order valence-electron chi connectivity index (χ3n) is 3.55. The molecule has 2 fully saturated rings. The zero-order chi connectivity index (χ0) is 10.9. The summed E-state index contributed by atoms with van der Waals surface area (Å²) in [6, 6.07) is 0. The van der Waals surface area contributed by atoms with Gasteiger partial charge in [-0.3, -0.25) is 9.59 Å². The highest BCUT2D eigenvalue weighted by Crippen LogP contribution is 2.39. The van der Waals surface area contributed by atoms with E-state index in [1.807, 2.05) is 0 Å². The van der Waals surface area contributed by atoms with Crippen LogP contribution in [0.25, 0.3) is 0 Å². The van der Waals surface area contributed by atoms with E-state index in [2.05, 4.69) is 0 Å². The van der Waals surface area contributed by atoms with Crippen LogP contribution in [0.5, 0.6) is 0 Å². The van der Waals surface area contributed by atoms with Crippen LogP contribution < -0.4 is 0 Å². The first-order valence-electron chi connectivity index (χ1n) is 5.27. The van der Waals surface area contributed by atoms with E-state index < -0.39 is 6.61 Å². The number of carbonyl (C=O) groups is 2. The molecule has 2 rings (SSSR count). The first-order chi connectivity index (χ1) is 7.19. The average molecular weight is 212 g/mol. The van der Waals surface area contributed by atoms with E-state index in [9.17, 15) is 9.59 Å². The van der Waals surface area contributed by atoms with Gasteiger partial charge in [-0.15, -0.1) is 0 Å². The van der Waals surface area contributed by atoms with E-state index in [4.69, 9.17) is 5.11 Å². The first kappa shape index (κ1) is 10.4. The summed E-state index contributed by atoms with van der Waals surface area (Å²) in [5.74, 6) is -0.182. The summed E-state index contributed by atoms with van der Waals surface area (Å²) < 4.78 is 0. The molecule has 15 heavy (non-hydrogen) atoms. The van der Waals surface area contributed by atoms with Crippen molar-refractivity contribution in [3.8, 4) is 0 Å². The molecule has 0 aromatic heterocycles. The minimum atomic E-state index is -0.392. The van der Waals surface area contributed by atoms with E-state index in [0.29, 0.717) is 0 Å². The summed E-state index contributed by atoms with van der Waals surface area (Å²) in [4.78, 5) is 25.1. The van der Waals surface area contributed by atoms with Gasteiger partial charge >= 0.3 is 0 Å². The zero-order valence-corrected chi connectivity index (χ0v) is 8.69. The maximum absolute atomic E-state index is 11.1. The van der Waals surface area contributed by atoms with Gasteiger partial charge in [0.25, 0.3) is 0 Å². The number of hydrogen-bond donors (Lipinski definition) is 1. The van der Waals surface area contributed by atoms with Crippen molar-refractivity contribution in [2.75, 3.05) is 32.8 Å². The standard InChI is InChI=1S/C10H16N2O3/c13-5-9(15)12-6-10(7-12)1-3-11(8-14)4-2-10/h8,13H,1-7H2. The molecule has 2 aliphatic rings. The van der Waals surface area contributed by atoms with E-state index in [1.165, 1.54) is 0 Å². The Morgan fingerprint density at radius 1 is 1.33 bits per heavy atom. The quantitative estimate of drug-likeness (QED) is 0.601. The van der Waals surface area contributed by atoms with Crippen molar-refractivity contribution in [3.63, 3.8) is 0 Å². The first-order valence-corrected chi connectivity index (χ1v) is 5.27. The van der Waals surface area contributed by atoms with E-state index in [1.54, 1.807) is 9.80 Å². The number of carbonyl (C=O) groups excluding carboxylic acids is 2. The minimum Gasteiger partial charge on any atom is -0.387 e. The van der Waals surface area contributed by atoms with Crippen LogP contribution in [-0.4, -0.2) is 60.0 Å². The summed E-state index contributed by atoms with van der Waals surface area (Å²) in [5, 5.41) is 8.69. The predicted octanol–water partition coefficient (Wildman–Crippen LogP) is -0.940. The highest BCUT2D eigenvalue weighted by atomic mass is 16.3. The van der Waals surface area contributed by atoms with Crippen molar-refractivity contribution in [1.82, 2.24) is 9.80 Å². The third kappa shape index (κ3) is 1.84. The Bertz CT molecular complexity index is 264. The molecule has 0 atom stereocenters. The van der Waals surface area contributed by atoms with Crippen LogP contribution >= 0.6 is 0 Å². The molecular formula is C10H16N2O3. The fraction of sp³-hybridized carbons (Fsp3) is 0.800. The summed E-state index contributed by atoms with van der Waals surface area (Å²) >= 11 is 0. The van der Waals surface area contributed by atoms with Crippen LogP contribution in [0.15, 0.2) is 0 Å². The molecule has 0 aromatic rings. The fourth-order valence-electron chi connectivity index (χ4n) is 2.46. The van der Waals surface area contributed by atoms with Crippen molar-refractivity contribution >= 4 is 12.3 Å². The number of hydrogen-bond acceptors (Lipinski definition) is 3. The number of nitrogens with zero attached hydrogens (tertiary/aromatic N) is 2. The molecule has 2 heterocycles. The Hall–Kier alpha value is -1.10. The van der Waals surface area contributed by atoms with Crippen LogP contribution in [0.1, 0.15) is 12.8 Å². The van der Waals surface area contributed by atoms with Crippen molar-refractivity contribution < 1.29 is 14.7 Å². The zero-order valence-electron chi connectivity index (χ0n) is 8.69. The Labute approximate surface area is 88.6 Å². The highest BCUT2D eigenvalue weighted by molar-refractivity contribution is 5.78. The normalized spacial score (nSPS) is 23.8. The van der Waals surface area contributed by atoms with Crippen molar-refractivity contribution in [3.05, 3.63) is 0 Å². The van der Waals surface area contributed by atoms with E-state index in [0.717, 1.165) is 45.4 Å². The predicted molar refractivity (Wildman–Crippen MR) is 53.0 cm³/mol. The van der Waals surface area contributed by atoms with Gasteiger partial charge in [0.2, 0.25) is 12.3 Å². The second-order valence-electron chi connectivity index (χ2n) is 4.55. The number of piperidine rings is 1. The lowest BCUT2D eigenvalue weighted by atomic mass is 9.72. The van der Waals surface area contributed by atoms with Crippen LogP contribution in [0.2, 0.25) is 0 Å². The van der Waals surface area contributed by atoms with Crippen LogP contribution in [0, 0.1) is 5.41 Å². The Balaban J connectivity index is 1.83. The lowest BCUT2D eigenvalue weighted by molar-refractivity contribution is -0.150. The van der Waals surface area contributed by atoms with Gasteiger partial charge in [0.1, 0.15) is 6.61 Å². The van der Waals surface area contributed by atoms with Crippen LogP contribution in [-0.2, 0) is 9.59 Å². The Morgan fingerprint density at radius 3 is 2.40 bits per heavy atom. The summed E-state index contributed by atoms with van der Waals surface area (Å²) in [7, 11) is 0. The monoisotopic (exact) mass is 212 g/mol. The highest BCUT2D eigenvalue weighted by Gasteiger charge is 2.46. The number of rotatable bonds is 2. The lowest BCUT2D eigenvalue weighted by Crippen LogP contribution is -2.62. The SMILES string of the molecule is O=CN1CCC2(CC1)CN(C(=O)CO)C2. The molecule has 1 spiro atoms. The largest absolute Gasteiger partial charge is 0.387 e. The van der Waals surface area contributed by atoms with Gasteiger partial charge in [0.15, 0.2) is 0 Å². The fourth-order valence-corrected chi connectivity index (χ4v) is 2.46. The molecule has 0 aromatic carbocycles. The molecule has 5 nitrogen and oxygen atoms in total. The average Bonchev–Trinajstić information content (AvgIpc) is 2.25. The molecule has 2 aliphatic heterocycles. The smallest absolute Gasteiger partial charge is 0.248 e. The van der Waals surface area contributed by atoms with Crippen molar-refractivity contribution in [2.24, 2.45) is 5.41 Å². The van der Waals surface area contributed by atoms with Gasteiger partial charge in [0.05, 0.1) is 0 Å². The minimum absolute atomic E-state index is 0.182. The summed E-state index contributed by atoms with van der Waals surface area (Å²) in [6.45, 7) is 2.70. The molecule has 0 aliphatic carbocycles. The molecule has 1 N–H and O–H groups in total. The van der Waals surface area contributed by atoms with Crippen molar-refractivity contribution in [1.29, 1.82) is 0 Å². The number of amides is 2. The molecule has 0 bridgehead atoms. The lowest BCUT2D eigenvalue weighted by Gasteiger charge is -2.53. The second-order valence-corrected chi connectivity index (χ2v) is 4.55. The molecule has 84 valence electrons. The molecular weight excluding hydrogens is 196 g/mol. The van der Waals surface area contributed by atoms with E-state index >= 15 is 0 Å². The molecule has 2 saturated heterocycles. The van der Waals surface area contributed by atoms with Gasteiger partial charge in [-0.2, -0.15) is 0 Å². The van der Waals surface area contributed by atoms with Crippen molar-refractivity contribution in [2.45, 2.75) is 12.8 Å². The maximum Gasteiger partial charge on any atom is 0.248 e. The van der Waals surface area contributed by atoms with Crippen LogP contribution in [0.3, 0.4) is 0 Å². The van der Waals surface area contributed by atoms with Gasteiger partial charge in [-0.1, -0.05) is 0 Å². The summed E-state index contributed by atoms with van der Waals surface area (Å²) in [5.41, 5.74) is 0.227. The second kappa shape index (κ2) is 3.81. The topological polar surface area (TPSA) is 60.9 Å². The molecule has 0 saturated carbocycles. The summed E-state index contributed by atoms with van der Waals surface area (Å²) in [6.07, 6.45) is 2.84.